The molecule has 0 saturated carbocycles. The Hall–Kier alpha value is -1.48. The van der Waals surface area contributed by atoms with Crippen LogP contribution in [0.2, 0.25) is 0 Å². The van der Waals surface area contributed by atoms with E-state index in [4.69, 9.17) is 14.8 Å². The molecule has 0 aliphatic rings. The molecule has 0 radical (unpaired) electrons. The molecule has 0 spiro atoms. The van der Waals surface area contributed by atoms with Gasteiger partial charge in [0.15, 0.2) is 0 Å². The second kappa shape index (κ2) is 6.62. The third-order valence-electron chi connectivity index (χ3n) is 2.03. The van der Waals surface area contributed by atoms with E-state index in [1.54, 1.807) is 0 Å². The summed E-state index contributed by atoms with van der Waals surface area (Å²) < 4.78 is 56.6. The van der Waals surface area contributed by atoms with E-state index in [2.05, 4.69) is 4.74 Å². The predicted molar refractivity (Wildman–Crippen MR) is 59.0 cm³/mol. The van der Waals surface area contributed by atoms with Crippen LogP contribution < -0.4 is 14.9 Å². The number of hydrogen-bond donors (Lipinski definition) is 2. The van der Waals surface area contributed by atoms with Crippen LogP contribution in [-0.2, 0) is 0 Å². The van der Waals surface area contributed by atoms with Gasteiger partial charge in [-0.3, -0.25) is 4.39 Å². The normalized spacial score (nSPS) is 11.3. The van der Waals surface area contributed by atoms with Crippen LogP contribution in [0.4, 0.5) is 17.6 Å². The summed E-state index contributed by atoms with van der Waals surface area (Å²) in [5.41, 5.74) is -0.131. The summed E-state index contributed by atoms with van der Waals surface area (Å²) in [6.07, 6.45) is -4.83. The Morgan fingerprint density at radius 1 is 1.21 bits per heavy atom. The second-order valence-corrected chi connectivity index (χ2v) is 3.51. The molecule has 0 unspecified atom stereocenters. The minimum atomic E-state index is -4.87. The maximum Gasteiger partial charge on any atom is 0.573 e. The van der Waals surface area contributed by atoms with E-state index < -0.39 is 25.9 Å². The first kappa shape index (κ1) is 15.6. The molecule has 0 atom stereocenters. The average molecular weight is 282 g/mol. The maximum atomic E-state index is 12.0. The Balaban J connectivity index is 2.90. The van der Waals surface area contributed by atoms with Crippen molar-refractivity contribution in [1.82, 2.24) is 0 Å². The molecule has 0 bridgehead atoms. The first-order chi connectivity index (χ1) is 8.83. The van der Waals surface area contributed by atoms with Gasteiger partial charge < -0.3 is 19.5 Å². The Bertz CT molecular complexity index is 411. The van der Waals surface area contributed by atoms with Gasteiger partial charge in [-0.1, -0.05) is 6.07 Å². The standard InChI is InChI=1S/C10H11BF4O4/c12-4-1-5-18-9-6-7(19-10(13,14)15)2-3-8(9)11(16)17/h2-3,6,16-17H,1,4-5H2. The highest BCUT2D eigenvalue weighted by Crippen LogP contribution is 2.25. The lowest BCUT2D eigenvalue weighted by Crippen LogP contribution is -2.31. The zero-order valence-corrected chi connectivity index (χ0v) is 9.65. The van der Waals surface area contributed by atoms with Crippen LogP contribution >= 0.6 is 0 Å². The predicted octanol–water partition coefficient (Wildman–Crippen LogP) is 1.00. The van der Waals surface area contributed by atoms with E-state index in [1.807, 2.05) is 0 Å². The first-order valence-electron chi connectivity index (χ1n) is 5.28. The fourth-order valence-electron chi connectivity index (χ4n) is 1.29. The Kier molecular flexibility index (Phi) is 5.43. The number of alkyl halides is 4. The van der Waals surface area contributed by atoms with Crippen LogP contribution in [0.1, 0.15) is 6.42 Å². The van der Waals surface area contributed by atoms with Crippen molar-refractivity contribution in [3.8, 4) is 11.5 Å². The molecule has 2 N–H and O–H groups in total. The van der Waals surface area contributed by atoms with Gasteiger partial charge in [-0.15, -0.1) is 13.2 Å². The molecule has 19 heavy (non-hydrogen) atoms. The third-order valence-corrected chi connectivity index (χ3v) is 2.03. The van der Waals surface area contributed by atoms with Crippen molar-refractivity contribution in [3.63, 3.8) is 0 Å². The molecular formula is C10H11BF4O4. The molecule has 0 heterocycles. The van der Waals surface area contributed by atoms with Crippen molar-refractivity contribution in [2.24, 2.45) is 0 Å². The number of halogens is 4. The van der Waals surface area contributed by atoms with Crippen molar-refractivity contribution >= 4 is 12.6 Å². The SMILES string of the molecule is OB(O)c1ccc(OC(F)(F)F)cc1OCCCF. The van der Waals surface area contributed by atoms with Gasteiger partial charge in [0, 0.05) is 17.9 Å². The zero-order valence-electron chi connectivity index (χ0n) is 9.65. The molecular weight excluding hydrogens is 271 g/mol. The average Bonchev–Trinajstić information content (AvgIpc) is 2.27. The van der Waals surface area contributed by atoms with Gasteiger partial charge in [-0.25, -0.2) is 0 Å². The molecule has 4 nitrogen and oxygen atoms in total. The summed E-state index contributed by atoms with van der Waals surface area (Å²) in [7, 11) is -1.92. The molecule has 0 aromatic heterocycles. The van der Waals surface area contributed by atoms with Crippen molar-refractivity contribution < 1.29 is 37.1 Å². The van der Waals surface area contributed by atoms with Crippen molar-refractivity contribution in [1.29, 1.82) is 0 Å². The van der Waals surface area contributed by atoms with Crippen molar-refractivity contribution in [3.05, 3.63) is 18.2 Å². The molecule has 1 rings (SSSR count). The van der Waals surface area contributed by atoms with Crippen LogP contribution in [0, 0.1) is 0 Å². The van der Waals surface area contributed by atoms with Gasteiger partial charge in [0.25, 0.3) is 0 Å². The van der Waals surface area contributed by atoms with Crippen LogP contribution in [0.5, 0.6) is 11.5 Å². The molecule has 0 fully saturated rings. The lowest BCUT2D eigenvalue weighted by molar-refractivity contribution is -0.274. The maximum absolute atomic E-state index is 12.0. The van der Waals surface area contributed by atoms with E-state index in [0.29, 0.717) is 0 Å². The van der Waals surface area contributed by atoms with E-state index in [9.17, 15) is 17.6 Å². The summed E-state index contributed by atoms with van der Waals surface area (Å²) in [6, 6.07) is 2.81. The van der Waals surface area contributed by atoms with E-state index in [0.717, 1.165) is 18.2 Å². The molecule has 106 valence electrons. The van der Waals surface area contributed by atoms with Crippen molar-refractivity contribution in [2.45, 2.75) is 12.8 Å². The molecule has 0 aliphatic heterocycles. The minimum Gasteiger partial charge on any atom is -0.494 e. The van der Waals surface area contributed by atoms with Crippen molar-refractivity contribution in [2.75, 3.05) is 13.3 Å². The minimum absolute atomic E-state index is 0.0331. The molecule has 1 aromatic rings. The van der Waals surface area contributed by atoms with E-state index in [-0.39, 0.29) is 24.2 Å². The Morgan fingerprint density at radius 3 is 2.42 bits per heavy atom. The molecule has 0 saturated heterocycles. The lowest BCUT2D eigenvalue weighted by Gasteiger charge is -2.14. The van der Waals surface area contributed by atoms with Crippen LogP contribution in [0.25, 0.3) is 0 Å². The smallest absolute Gasteiger partial charge is 0.494 e. The molecule has 1 aromatic carbocycles. The highest BCUT2D eigenvalue weighted by molar-refractivity contribution is 6.59. The zero-order chi connectivity index (χ0) is 14.5. The number of benzene rings is 1. The summed E-state index contributed by atoms with van der Waals surface area (Å²) in [4.78, 5) is 0. The van der Waals surface area contributed by atoms with Gasteiger partial charge in [-0.2, -0.15) is 0 Å². The summed E-state index contributed by atoms with van der Waals surface area (Å²) >= 11 is 0. The quantitative estimate of drug-likeness (QED) is 0.464. The third kappa shape index (κ3) is 5.35. The molecule has 0 amide bonds. The monoisotopic (exact) mass is 282 g/mol. The molecule has 0 aliphatic carbocycles. The fourth-order valence-corrected chi connectivity index (χ4v) is 1.29. The van der Waals surface area contributed by atoms with E-state index in [1.165, 1.54) is 0 Å². The van der Waals surface area contributed by atoms with Crippen LogP contribution in [-0.4, -0.2) is 36.8 Å². The topological polar surface area (TPSA) is 58.9 Å². The fraction of sp³-hybridized carbons (Fsp3) is 0.400. The van der Waals surface area contributed by atoms with Gasteiger partial charge >= 0.3 is 13.5 Å². The van der Waals surface area contributed by atoms with Crippen LogP contribution in [0.15, 0.2) is 18.2 Å². The largest absolute Gasteiger partial charge is 0.573 e. The van der Waals surface area contributed by atoms with Gasteiger partial charge in [0.2, 0.25) is 0 Å². The molecule has 9 heteroatoms. The van der Waals surface area contributed by atoms with Crippen LogP contribution in [0.3, 0.4) is 0 Å². The summed E-state index contributed by atoms with van der Waals surface area (Å²) in [5.74, 6) is -0.766. The highest BCUT2D eigenvalue weighted by Gasteiger charge is 2.31. The van der Waals surface area contributed by atoms with Gasteiger partial charge in [0.1, 0.15) is 11.5 Å². The summed E-state index contributed by atoms with van der Waals surface area (Å²) in [5, 5.41) is 18.0. The Labute approximate surface area is 106 Å². The Morgan fingerprint density at radius 2 is 1.89 bits per heavy atom. The number of ether oxygens (including phenoxy) is 2. The van der Waals surface area contributed by atoms with Gasteiger partial charge in [-0.05, 0) is 6.07 Å². The summed E-state index contributed by atoms with van der Waals surface area (Å²) in [6.45, 7) is -0.762. The highest BCUT2D eigenvalue weighted by atomic mass is 19.4. The first-order valence-corrected chi connectivity index (χ1v) is 5.28. The lowest BCUT2D eigenvalue weighted by atomic mass is 9.79. The van der Waals surface area contributed by atoms with Gasteiger partial charge in [0.05, 0.1) is 13.3 Å². The second-order valence-electron chi connectivity index (χ2n) is 3.51. The number of hydrogen-bond acceptors (Lipinski definition) is 4. The number of rotatable bonds is 6. The van der Waals surface area contributed by atoms with E-state index >= 15 is 0 Å².